The molecule has 2 aromatic rings. The van der Waals surface area contributed by atoms with Gasteiger partial charge in [-0.05, 0) is 25.1 Å². The zero-order chi connectivity index (χ0) is 15.6. The smallest absolute Gasteiger partial charge is 0.335 e. The fraction of sp³-hybridized carbons (Fsp3) is 0.167. The van der Waals surface area contributed by atoms with Gasteiger partial charge in [-0.15, -0.1) is 0 Å². The molecule has 0 unspecified atom stereocenters. The van der Waals surface area contributed by atoms with E-state index >= 15 is 0 Å². The van der Waals surface area contributed by atoms with Crippen molar-refractivity contribution in [2.45, 2.75) is 11.8 Å². The molecule has 8 nitrogen and oxygen atoms in total. The molecule has 21 heavy (non-hydrogen) atoms. The van der Waals surface area contributed by atoms with Crippen LogP contribution in [0.4, 0.5) is 5.69 Å². The minimum atomic E-state index is -3.89. The van der Waals surface area contributed by atoms with E-state index < -0.39 is 16.0 Å². The lowest BCUT2D eigenvalue weighted by Crippen LogP contribution is -2.14. The second-order valence-electron chi connectivity index (χ2n) is 4.18. The summed E-state index contributed by atoms with van der Waals surface area (Å²) in [6, 6.07) is 3.89. The van der Waals surface area contributed by atoms with Crippen LogP contribution in [0, 0.1) is 6.92 Å². The average molecular weight is 311 g/mol. The van der Waals surface area contributed by atoms with Gasteiger partial charge >= 0.3 is 5.97 Å². The van der Waals surface area contributed by atoms with E-state index in [4.69, 9.17) is 9.84 Å². The van der Waals surface area contributed by atoms with Crippen molar-refractivity contribution in [1.29, 1.82) is 0 Å². The number of carboxylic acid groups (broad SMARTS) is 1. The third kappa shape index (κ3) is 2.97. The summed E-state index contributed by atoms with van der Waals surface area (Å²) >= 11 is 0. The summed E-state index contributed by atoms with van der Waals surface area (Å²) in [6.45, 7) is 1.56. The molecule has 0 amide bonds. The van der Waals surface area contributed by atoms with Crippen molar-refractivity contribution in [3.63, 3.8) is 0 Å². The van der Waals surface area contributed by atoms with E-state index in [-0.39, 0.29) is 21.9 Å². The quantitative estimate of drug-likeness (QED) is 0.763. The van der Waals surface area contributed by atoms with Crippen molar-refractivity contribution in [3.05, 3.63) is 35.7 Å². The van der Waals surface area contributed by atoms with Crippen LogP contribution in [-0.2, 0) is 10.0 Å². The lowest BCUT2D eigenvalue weighted by atomic mass is 10.2. The second-order valence-corrected chi connectivity index (χ2v) is 5.84. The number of rotatable bonds is 5. The lowest BCUT2D eigenvalue weighted by molar-refractivity contribution is 0.0697. The first-order valence-corrected chi connectivity index (χ1v) is 7.27. The fourth-order valence-corrected chi connectivity index (χ4v) is 2.93. The van der Waals surface area contributed by atoms with Crippen molar-refractivity contribution >= 4 is 21.7 Å². The van der Waals surface area contributed by atoms with Gasteiger partial charge in [-0.2, -0.15) is 5.10 Å². The van der Waals surface area contributed by atoms with E-state index in [0.29, 0.717) is 5.69 Å². The first-order valence-electron chi connectivity index (χ1n) is 5.79. The van der Waals surface area contributed by atoms with Crippen molar-refractivity contribution in [1.82, 2.24) is 10.2 Å². The Kier molecular flexibility index (Phi) is 3.85. The molecule has 2 rings (SSSR count). The Morgan fingerprint density at radius 3 is 2.67 bits per heavy atom. The van der Waals surface area contributed by atoms with Gasteiger partial charge in [-0.1, -0.05) is 0 Å². The van der Waals surface area contributed by atoms with Crippen LogP contribution in [-0.4, -0.2) is 36.8 Å². The topological polar surface area (TPSA) is 121 Å². The number of nitrogens with zero attached hydrogens (tertiary/aromatic N) is 1. The number of nitrogens with one attached hydrogen (secondary N) is 2. The summed E-state index contributed by atoms with van der Waals surface area (Å²) in [5.74, 6) is -0.956. The Morgan fingerprint density at radius 1 is 1.43 bits per heavy atom. The highest BCUT2D eigenvalue weighted by atomic mass is 32.2. The van der Waals surface area contributed by atoms with Crippen molar-refractivity contribution in [2.75, 3.05) is 11.8 Å². The van der Waals surface area contributed by atoms with Gasteiger partial charge in [0.25, 0.3) is 10.0 Å². The van der Waals surface area contributed by atoms with E-state index in [1.807, 2.05) is 0 Å². The zero-order valence-electron chi connectivity index (χ0n) is 11.2. The van der Waals surface area contributed by atoms with Gasteiger partial charge in [0.15, 0.2) is 0 Å². The molecule has 0 atom stereocenters. The minimum absolute atomic E-state index is 0.0229. The summed E-state index contributed by atoms with van der Waals surface area (Å²) in [5, 5.41) is 15.1. The van der Waals surface area contributed by atoms with Crippen LogP contribution < -0.4 is 9.46 Å². The monoisotopic (exact) mass is 311 g/mol. The Bertz CT molecular complexity index is 782. The van der Waals surface area contributed by atoms with Gasteiger partial charge in [-0.25, -0.2) is 13.2 Å². The van der Waals surface area contributed by atoms with Gasteiger partial charge in [0.05, 0.1) is 30.3 Å². The lowest BCUT2D eigenvalue weighted by Gasteiger charge is -2.12. The molecule has 9 heteroatoms. The maximum atomic E-state index is 12.3. The second kappa shape index (κ2) is 5.44. The summed E-state index contributed by atoms with van der Waals surface area (Å²) in [5.41, 5.74) is 0.353. The van der Waals surface area contributed by atoms with Crippen LogP contribution in [0.1, 0.15) is 16.1 Å². The number of aryl methyl sites for hydroxylation is 1. The highest BCUT2D eigenvalue weighted by Crippen LogP contribution is 2.28. The van der Waals surface area contributed by atoms with Crippen molar-refractivity contribution < 1.29 is 23.1 Å². The summed E-state index contributed by atoms with van der Waals surface area (Å²) in [7, 11) is -2.53. The SMILES string of the molecule is COc1ccc(C(=O)O)cc1NS(=O)(=O)c1cn[nH]c1C. The molecule has 0 bridgehead atoms. The molecule has 0 aliphatic carbocycles. The molecule has 1 heterocycles. The third-order valence-corrected chi connectivity index (χ3v) is 4.24. The largest absolute Gasteiger partial charge is 0.495 e. The zero-order valence-corrected chi connectivity index (χ0v) is 12.1. The van der Waals surface area contributed by atoms with Crippen LogP contribution >= 0.6 is 0 Å². The molecule has 1 aromatic carbocycles. The van der Waals surface area contributed by atoms with Gasteiger partial charge in [0, 0.05) is 0 Å². The van der Waals surface area contributed by atoms with Gasteiger partial charge in [0.2, 0.25) is 0 Å². The number of hydrogen-bond acceptors (Lipinski definition) is 5. The molecule has 0 spiro atoms. The predicted octanol–water partition coefficient (Wildman–Crippen LogP) is 1.23. The van der Waals surface area contributed by atoms with Crippen molar-refractivity contribution in [2.24, 2.45) is 0 Å². The number of anilines is 1. The number of benzene rings is 1. The summed E-state index contributed by atoms with van der Waals surface area (Å²) in [6.07, 6.45) is 1.17. The molecule has 0 saturated carbocycles. The molecule has 0 aliphatic heterocycles. The maximum absolute atomic E-state index is 12.3. The van der Waals surface area contributed by atoms with Crippen molar-refractivity contribution in [3.8, 4) is 5.75 Å². The number of carbonyl (C=O) groups is 1. The predicted molar refractivity (Wildman–Crippen MR) is 74.1 cm³/mol. The fourth-order valence-electron chi connectivity index (χ4n) is 1.73. The van der Waals surface area contributed by atoms with Crippen LogP contribution in [0.2, 0.25) is 0 Å². The minimum Gasteiger partial charge on any atom is -0.495 e. The van der Waals surface area contributed by atoms with Crippen LogP contribution in [0.3, 0.4) is 0 Å². The number of aromatic carboxylic acids is 1. The third-order valence-electron chi connectivity index (χ3n) is 2.76. The normalized spacial score (nSPS) is 11.1. The molecule has 1 aromatic heterocycles. The Morgan fingerprint density at radius 2 is 2.14 bits per heavy atom. The van der Waals surface area contributed by atoms with Gasteiger partial charge < -0.3 is 9.84 Å². The molecular formula is C12H13N3O5S. The molecule has 3 N–H and O–H groups in total. The van der Waals surface area contributed by atoms with E-state index in [0.717, 1.165) is 0 Å². The number of sulfonamides is 1. The van der Waals surface area contributed by atoms with Crippen LogP contribution in [0.15, 0.2) is 29.3 Å². The molecule has 0 fully saturated rings. The summed E-state index contributed by atoms with van der Waals surface area (Å²) in [4.78, 5) is 10.9. The van der Waals surface area contributed by atoms with E-state index in [2.05, 4.69) is 14.9 Å². The number of aromatic amines is 1. The number of methoxy groups -OCH3 is 1. The highest BCUT2D eigenvalue weighted by molar-refractivity contribution is 7.92. The Labute approximate surface area is 120 Å². The maximum Gasteiger partial charge on any atom is 0.335 e. The van der Waals surface area contributed by atoms with Crippen LogP contribution in [0.25, 0.3) is 0 Å². The number of aromatic nitrogens is 2. The van der Waals surface area contributed by atoms with Gasteiger partial charge in [0.1, 0.15) is 10.6 Å². The molecule has 0 radical (unpaired) electrons. The first-order chi connectivity index (χ1) is 9.85. The Balaban J connectivity index is 2.45. The first kappa shape index (κ1) is 14.9. The van der Waals surface area contributed by atoms with E-state index in [9.17, 15) is 13.2 Å². The van der Waals surface area contributed by atoms with E-state index in [1.54, 1.807) is 6.92 Å². The molecule has 0 saturated heterocycles. The average Bonchev–Trinajstić information content (AvgIpc) is 2.85. The number of carboxylic acids is 1. The standard InChI is InChI=1S/C12H13N3O5S/c1-7-11(6-13-14-7)21(18,19)15-9-5-8(12(16)17)3-4-10(9)20-2/h3-6,15H,1-2H3,(H,13,14)(H,16,17). The van der Waals surface area contributed by atoms with Crippen LogP contribution in [0.5, 0.6) is 5.75 Å². The highest BCUT2D eigenvalue weighted by Gasteiger charge is 2.21. The molecular weight excluding hydrogens is 298 g/mol. The van der Waals surface area contributed by atoms with Gasteiger partial charge in [-0.3, -0.25) is 9.82 Å². The molecule has 112 valence electrons. The molecule has 0 aliphatic rings. The van der Waals surface area contributed by atoms with E-state index in [1.165, 1.54) is 31.5 Å². The number of ether oxygens (including phenoxy) is 1. The summed E-state index contributed by atoms with van der Waals surface area (Å²) < 4.78 is 31.8. The number of H-pyrrole nitrogens is 1. The Hall–Kier alpha value is -2.55. The number of hydrogen-bond donors (Lipinski definition) is 3.